The summed E-state index contributed by atoms with van der Waals surface area (Å²) in [6.45, 7) is 1.87. The van der Waals surface area contributed by atoms with Gasteiger partial charge in [0.25, 0.3) is 0 Å². The van der Waals surface area contributed by atoms with Crippen molar-refractivity contribution >= 4 is 0 Å². The molecule has 0 atom stereocenters. The molecule has 0 fully saturated rings. The molecule has 0 amide bonds. The van der Waals surface area contributed by atoms with Crippen LogP contribution in [0.25, 0.3) is 0 Å². The summed E-state index contributed by atoms with van der Waals surface area (Å²) in [6, 6.07) is 0. The van der Waals surface area contributed by atoms with Crippen LogP contribution < -0.4 is 5.32 Å². The standard InChI is InChI=1S/C11H14F2N4O/c1-7-9(8(2)18-16-7)5-14-6-10-15-3-4-17(10)11(12)13/h3-4,11,14H,5-6H2,1-2H3. The second kappa shape index (κ2) is 5.26. The maximum atomic E-state index is 12.6. The molecule has 2 rings (SSSR count). The maximum absolute atomic E-state index is 12.6. The number of nitrogens with one attached hydrogen (secondary N) is 1. The Kier molecular flexibility index (Phi) is 3.71. The molecule has 0 bridgehead atoms. The Balaban J connectivity index is 1.95. The predicted molar refractivity (Wildman–Crippen MR) is 60.0 cm³/mol. The Hall–Kier alpha value is -1.76. The molecule has 98 valence electrons. The van der Waals surface area contributed by atoms with Crippen molar-refractivity contribution in [1.82, 2.24) is 20.0 Å². The first-order chi connectivity index (χ1) is 8.59. The van der Waals surface area contributed by atoms with Crippen LogP contribution in [0, 0.1) is 13.8 Å². The van der Waals surface area contributed by atoms with E-state index in [1.165, 1.54) is 12.4 Å². The van der Waals surface area contributed by atoms with Crippen molar-refractivity contribution in [1.29, 1.82) is 0 Å². The van der Waals surface area contributed by atoms with Crippen LogP contribution in [0.1, 0.15) is 29.4 Å². The molecule has 0 unspecified atom stereocenters. The van der Waals surface area contributed by atoms with Gasteiger partial charge in [0.2, 0.25) is 0 Å². The zero-order valence-electron chi connectivity index (χ0n) is 10.2. The monoisotopic (exact) mass is 256 g/mol. The van der Waals surface area contributed by atoms with Crippen LogP contribution in [0.15, 0.2) is 16.9 Å². The average Bonchev–Trinajstić information content (AvgIpc) is 2.90. The van der Waals surface area contributed by atoms with Crippen molar-refractivity contribution < 1.29 is 13.3 Å². The van der Waals surface area contributed by atoms with Crippen molar-refractivity contribution in [2.75, 3.05) is 0 Å². The van der Waals surface area contributed by atoms with E-state index in [0.717, 1.165) is 21.6 Å². The molecule has 1 N–H and O–H groups in total. The van der Waals surface area contributed by atoms with Gasteiger partial charge in [0.1, 0.15) is 11.6 Å². The molecule has 0 aliphatic carbocycles. The minimum atomic E-state index is -2.57. The molecule has 0 aliphatic rings. The quantitative estimate of drug-likeness (QED) is 0.890. The number of aromatic nitrogens is 3. The number of hydrogen-bond donors (Lipinski definition) is 1. The lowest BCUT2D eigenvalue weighted by molar-refractivity contribution is 0.0666. The highest BCUT2D eigenvalue weighted by molar-refractivity contribution is 5.20. The topological polar surface area (TPSA) is 55.9 Å². The lowest BCUT2D eigenvalue weighted by Gasteiger charge is -2.07. The third-order valence-electron chi connectivity index (χ3n) is 2.73. The number of nitrogens with zero attached hydrogens (tertiary/aromatic N) is 3. The number of aryl methyl sites for hydroxylation is 2. The van der Waals surface area contributed by atoms with E-state index in [1.54, 1.807) is 0 Å². The molecule has 0 aliphatic heterocycles. The van der Waals surface area contributed by atoms with E-state index in [2.05, 4.69) is 15.5 Å². The number of imidazole rings is 1. The summed E-state index contributed by atoms with van der Waals surface area (Å²) in [5, 5.41) is 6.87. The van der Waals surface area contributed by atoms with Gasteiger partial charge in [0.05, 0.1) is 12.2 Å². The van der Waals surface area contributed by atoms with E-state index < -0.39 is 6.55 Å². The van der Waals surface area contributed by atoms with Gasteiger partial charge >= 0.3 is 6.55 Å². The third-order valence-corrected chi connectivity index (χ3v) is 2.73. The molecule has 0 spiro atoms. The van der Waals surface area contributed by atoms with Gasteiger partial charge in [-0.15, -0.1) is 0 Å². The molecule has 2 aromatic heterocycles. The van der Waals surface area contributed by atoms with E-state index in [0.29, 0.717) is 12.4 Å². The smallest absolute Gasteiger partial charge is 0.319 e. The highest BCUT2D eigenvalue weighted by Gasteiger charge is 2.12. The molecule has 7 heteroatoms. The zero-order valence-corrected chi connectivity index (χ0v) is 10.2. The van der Waals surface area contributed by atoms with Crippen LogP contribution in [0.2, 0.25) is 0 Å². The second-order valence-electron chi connectivity index (χ2n) is 3.93. The van der Waals surface area contributed by atoms with Gasteiger partial charge in [-0.05, 0) is 13.8 Å². The van der Waals surface area contributed by atoms with Crippen LogP contribution in [-0.4, -0.2) is 14.7 Å². The summed E-state index contributed by atoms with van der Waals surface area (Å²) in [6.07, 6.45) is 2.62. The van der Waals surface area contributed by atoms with Crippen molar-refractivity contribution in [3.05, 3.63) is 35.2 Å². The largest absolute Gasteiger partial charge is 0.361 e. The number of rotatable bonds is 5. The van der Waals surface area contributed by atoms with Crippen molar-refractivity contribution in [2.45, 2.75) is 33.5 Å². The number of hydrogen-bond acceptors (Lipinski definition) is 4. The molecular formula is C11H14F2N4O. The van der Waals surface area contributed by atoms with Crippen molar-refractivity contribution in [3.8, 4) is 0 Å². The first-order valence-electron chi connectivity index (χ1n) is 5.52. The Labute approximate surface area is 103 Å². The fraction of sp³-hybridized carbons (Fsp3) is 0.455. The van der Waals surface area contributed by atoms with E-state index in [1.807, 2.05) is 13.8 Å². The Morgan fingerprint density at radius 2 is 2.17 bits per heavy atom. The highest BCUT2D eigenvalue weighted by atomic mass is 19.3. The van der Waals surface area contributed by atoms with Crippen molar-refractivity contribution in [3.63, 3.8) is 0 Å². The number of alkyl halides is 2. The first kappa shape index (κ1) is 12.7. The molecular weight excluding hydrogens is 242 g/mol. The summed E-state index contributed by atoms with van der Waals surface area (Å²) in [7, 11) is 0. The summed E-state index contributed by atoms with van der Waals surface area (Å²) in [4.78, 5) is 3.88. The minimum Gasteiger partial charge on any atom is -0.361 e. The van der Waals surface area contributed by atoms with E-state index >= 15 is 0 Å². The maximum Gasteiger partial charge on any atom is 0.319 e. The Morgan fingerprint density at radius 1 is 1.39 bits per heavy atom. The Morgan fingerprint density at radius 3 is 2.78 bits per heavy atom. The predicted octanol–water partition coefficient (Wildman–Crippen LogP) is 2.17. The SMILES string of the molecule is Cc1noc(C)c1CNCc1nccn1C(F)F. The molecule has 0 aromatic carbocycles. The van der Waals surface area contributed by atoms with Gasteiger partial charge < -0.3 is 9.84 Å². The fourth-order valence-electron chi connectivity index (χ4n) is 1.71. The third kappa shape index (κ3) is 2.56. The molecule has 5 nitrogen and oxygen atoms in total. The summed E-state index contributed by atoms with van der Waals surface area (Å²) in [5.74, 6) is 1.04. The second-order valence-corrected chi connectivity index (χ2v) is 3.93. The summed E-state index contributed by atoms with van der Waals surface area (Å²) < 4.78 is 31.0. The Bertz CT molecular complexity index is 501. The van der Waals surface area contributed by atoms with E-state index in [-0.39, 0.29) is 6.54 Å². The molecule has 2 heterocycles. The van der Waals surface area contributed by atoms with Crippen LogP contribution >= 0.6 is 0 Å². The minimum absolute atomic E-state index is 0.265. The van der Waals surface area contributed by atoms with Gasteiger partial charge in [-0.25, -0.2) is 4.98 Å². The molecule has 18 heavy (non-hydrogen) atoms. The zero-order chi connectivity index (χ0) is 13.1. The van der Waals surface area contributed by atoms with Crippen LogP contribution in [0.5, 0.6) is 0 Å². The van der Waals surface area contributed by atoms with Crippen molar-refractivity contribution in [2.24, 2.45) is 0 Å². The fourth-order valence-corrected chi connectivity index (χ4v) is 1.71. The molecule has 0 radical (unpaired) electrons. The van der Waals surface area contributed by atoms with Crippen LogP contribution in [0.3, 0.4) is 0 Å². The van der Waals surface area contributed by atoms with Crippen LogP contribution in [-0.2, 0) is 13.1 Å². The lowest BCUT2D eigenvalue weighted by atomic mass is 10.2. The molecule has 0 saturated heterocycles. The van der Waals surface area contributed by atoms with Gasteiger partial charge in [-0.1, -0.05) is 5.16 Å². The van der Waals surface area contributed by atoms with E-state index in [9.17, 15) is 8.78 Å². The number of halogens is 2. The van der Waals surface area contributed by atoms with Gasteiger partial charge in [0, 0.05) is 24.5 Å². The summed E-state index contributed by atoms with van der Waals surface area (Å²) >= 11 is 0. The molecule has 0 saturated carbocycles. The molecule has 2 aromatic rings. The van der Waals surface area contributed by atoms with E-state index in [4.69, 9.17) is 4.52 Å². The summed E-state index contributed by atoms with van der Waals surface area (Å²) in [5.41, 5.74) is 1.75. The first-order valence-corrected chi connectivity index (χ1v) is 5.52. The van der Waals surface area contributed by atoms with Crippen LogP contribution in [0.4, 0.5) is 8.78 Å². The highest BCUT2D eigenvalue weighted by Crippen LogP contribution is 2.14. The van der Waals surface area contributed by atoms with Gasteiger partial charge in [0.15, 0.2) is 0 Å². The lowest BCUT2D eigenvalue weighted by Crippen LogP contribution is -2.17. The normalized spacial score (nSPS) is 11.4. The average molecular weight is 256 g/mol. The van der Waals surface area contributed by atoms with Gasteiger partial charge in [-0.3, -0.25) is 4.57 Å². The van der Waals surface area contributed by atoms with Gasteiger partial charge in [-0.2, -0.15) is 8.78 Å².